The van der Waals surface area contributed by atoms with E-state index in [1.165, 1.54) is 43.6 Å². The molecule has 1 aliphatic rings. The SMILES string of the molecule is CC(C)NCc1c(N(C)C2CCCCC2)nc2sccn12. The molecular weight excluding hydrogens is 280 g/mol. The summed E-state index contributed by atoms with van der Waals surface area (Å²) in [5, 5.41) is 5.66. The topological polar surface area (TPSA) is 32.6 Å². The fraction of sp³-hybridized carbons (Fsp3) is 0.688. The van der Waals surface area contributed by atoms with Crippen LogP contribution in [-0.2, 0) is 6.54 Å². The number of aromatic nitrogens is 2. The maximum absolute atomic E-state index is 4.89. The van der Waals surface area contributed by atoms with Gasteiger partial charge in [0.15, 0.2) is 10.8 Å². The van der Waals surface area contributed by atoms with Gasteiger partial charge in [-0.25, -0.2) is 4.98 Å². The zero-order valence-corrected chi connectivity index (χ0v) is 14.1. The van der Waals surface area contributed by atoms with Gasteiger partial charge >= 0.3 is 0 Å². The molecule has 0 unspecified atom stereocenters. The molecule has 1 saturated carbocycles. The van der Waals surface area contributed by atoms with Gasteiger partial charge in [0, 0.05) is 37.3 Å². The highest BCUT2D eigenvalue weighted by atomic mass is 32.1. The van der Waals surface area contributed by atoms with Gasteiger partial charge in [0.1, 0.15) is 0 Å². The second-order valence-electron chi connectivity index (χ2n) is 6.38. The number of fused-ring (bicyclic) bond motifs is 1. The zero-order chi connectivity index (χ0) is 14.8. The first-order valence-electron chi connectivity index (χ1n) is 8.07. The molecule has 1 aliphatic carbocycles. The average molecular weight is 306 g/mol. The van der Waals surface area contributed by atoms with Crippen molar-refractivity contribution in [2.24, 2.45) is 0 Å². The Kier molecular flexibility index (Phi) is 4.50. The molecule has 0 spiro atoms. The van der Waals surface area contributed by atoms with Crippen molar-refractivity contribution in [3.05, 3.63) is 17.3 Å². The highest BCUT2D eigenvalue weighted by molar-refractivity contribution is 7.15. The maximum atomic E-state index is 4.89. The van der Waals surface area contributed by atoms with Crippen LogP contribution in [0.1, 0.15) is 51.6 Å². The molecule has 0 aromatic carbocycles. The van der Waals surface area contributed by atoms with E-state index in [2.05, 4.69) is 47.1 Å². The summed E-state index contributed by atoms with van der Waals surface area (Å²) in [6.45, 7) is 5.26. The lowest BCUT2D eigenvalue weighted by Crippen LogP contribution is -2.35. The van der Waals surface area contributed by atoms with Crippen LogP contribution in [0.2, 0.25) is 0 Å². The summed E-state index contributed by atoms with van der Waals surface area (Å²) in [4.78, 5) is 8.42. The summed E-state index contributed by atoms with van der Waals surface area (Å²) in [6, 6.07) is 1.14. The molecule has 1 N–H and O–H groups in total. The van der Waals surface area contributed by atoms with Crippen molar-refractivity contribution >= 4 is 22.1 Å². The van der Waals surface area contributed by atoms with Crippen LogP contribution in [0.25, 0.3) is 4.96 Å². The average Bonchev–Trinajstić information content (AvgIpc) is 3.06. The molecule has 0 bridgehead atoms. The number of hydrogen-bond acceptors (Lipinski definition) is 4. The smallest absolute Gasteiger partial charge is 0.195 e. The Morgan fingerprint density at radius 3 is 2.86 bits per heavy atom. The molecule has 2 heterocycles. The van der Waals surface area contributed by atoms with Crippen LogP contribution < -0.4 is 10.2 Å². The minimum atomic E-state index is 0.488. The molecule has 1 fully saturated rings. The van der Waals surface area contributed by atoms with E-state index >= 15 is 0 Å². The molecule has 0 atom stereocenters. The van der Waals surface area contributed by atoms with E-state index in [-0.39, 0.29) is 0 Å². The molecule has 0 saturated heterocycles. The highest BCUT2D eigenvalue weighted by Gasteiger charge is 2.24. The van der Waals surface area contributed by atoms with E-state index in [9.17, 15) is 0 Å². The number of nitrogens with one attached hydrogen (secondary N) is 1. The Labute approximate surface area is 131 Å². The van der Waals surface area contributed by atoms with Crippen LogP contribution in [0.3, 0.4) is 0 Å². The van der Waals surface area contributed by atoms with E-state index in [0.29, 0.717) is 12.1 Å². The van der Waals surface area contributed by atoms with Gasteiger partial charge in [0.05, 0.1) is 5.69 Å². The third kappa shape index (κ3) is 3.09. The van der Waals surface area contributed by atoms with Crippen molar-refractivity contribution in [1.82, 2.24) is 14.7 Å². The fourth-order valence-corrected chi connectivity index (χ4v) is 3.94. The van der Waals surface area contributed by atoms with Crippen molar-refractivity contribution in [3.8, 4) is 0 Å². The first kappa shape index (κ1) is 14.9. The van der Waals surface area contributed by atoms with Crippen LogP contribution in [0.15, 0.2) is 11.6 Å². The van der Waals surface area contributed by atoms with E-state index in [1.54, 1.807) is 11.3 Å². The maximum Gasteiger partial charge on any atom is 0.195 e. The van der Waals surface area contributed by atoms with Crippen molar-refractivity contribution < 1.29 is 0 Å². The van der Waals surface area contributed by atoms with Crippen molar-refractivity contribution in [2.45, 2.75) is 64.6 Å². The minimum absolute atomic E-state index is 0.488. The number of hydrogen-bond donors (Lipinski definition) is 1. The molecule has 0 amide bonds. The van der Waals surface area contributed by atoms with Gasteiger partial charge in [-0.05, 0) is 12.8 Å². The Morgan fingerprint density at radius 1 is 1.38 bits per heavy atom. The fourth-order valence-electron chi connectivity index (χ4n) is 3.21. The van der Waals surface area contributed by atoms with Crippen LogP contribution in [0.5, 0.6) is 0 Å². The molecular formula is C16H26N4S. The second-order valence-corrected chi connectivity index (χ2v) is 7.25. The Bertz CT molecular complexity index is 580. The normalized spacial score (nSPS) is 17.0. The van der Waals surface area contributed by atoms with Crippen LogP contribution in [-0.4, -0.2) is 28.5 Å². The molecule has 2 aromatic heterocycles. The van der Waals surface area contributed by atoms with E-state index in [4.69, 9.17) is 4.98 Å². The van der Waals surface area contributed by atoms with Crippen LogP contribution in [0.4, 0.5) is 5.82 Å². The van der Waals surface area contributed by atoms with E-state index in [0.717, 1.165) is 11.5 Å². The standard InChI is InChI=1S/C16H26N4S/c1-12(2)17-11-14-15(18-16-20(14)9-10-21-16)19(3)13-7-5-4-6-8-13/h9-10,12-13,17H,4-8,11H2,1-3H3. The molecule has 116 valence electrons. The third-order valence-corrected chi connectivity index (χ3v) is 5.23. The summed E-state index contributed by atoms with van der Waals surface area (Å²) >= 11 is 1.72. The monoisotopic (exact) mass is 306 g/mol. The largest absolute Gasteiger partial charge is 0.355 e. The molecule has 4 nitrogen and oxygen atoms in total. The molecule has 2 aromatic rings. The van der Waals surface area contributed by atoms with Crippen molar-refractivity contribution in [1.29, 1.82) is 0 Å². The van der Waals surface area contributed by atoms with E-state index in [1.807, 2.05) is 0 Å². The van der Waals surface area contributed by atoms with Gasteiger partial charge in [-0.2, -0.15) is 0 Å². The Morgan fingerprint density at radius 2 is 2.14 bits per heavy atom. The van der Waals surface area contributed by atoms with Gasteiger partial charge in [-0.3, -0.25) is 4.40 Å². The number of anilines is 1. The Hall–Kier alpha value is -1.07. The molecule has 0 radical (unpaired) electrons. The summed E-state index contributed by atoms with van der Waals surface area (Å²) in [6.07, 6.45) is 8.86. The van der Waals surface area contributed by atoms with Crippen LogP contribution in [0, 0.1) is 0 Å². The predicted molar refractivity (Wildman–Crippen MR) is 90.3 cm³/mol. The first-order valence-corrected chi connectivity index (χ1v) is 8.95. The molecule has 5 heteroatoms. The lowest BCUT2D eigenvalue weighted by molar-refractivity contribution is 0.425. The second kappa shape index (κ2) is 6.36. The van der Waals surface area contributed by atoms with Gasteiger partial charge in [0.2, 0.25) is 0 Å². The van der Waals surface area contributed by atoms with Gasteiger partial charge in [-0.15, -0.1) is 11.3 Å². The third-order valence-electron chi connectivity index (χ3n) is 4.47. The van der Waals surface area contributed by atoms with Gasteiger partial charge in [-0.1, -0.05) is 33.1 Å². The lowest BCUT2D eigenvalue weighted by Gasteiger charge is -2.32. The van der Waals surface area contributed by atoms with Crippen LogP contribution >= 0.6 is 11.3 Å². The van der Waals surface area contributed by atoms with Crippen molar-refractivity contribution in [2.75, 3.05) is 11.9 Å². The van der Waals surface area contributed by atoms with Crippen molar-refractivity contribution in [3.63, 3.8) is 0 Å². The van der Waals surface area contributed by atoms with Gasteiger partial charge in [0.25, 0.3) is 0 Å². The minimum Gasteiger partial charge on any atom is -0.355 e. The molecule has 0 aliphatic heterocycles. The zero-order valence-electron chi connectivity index (χ0n) is 13.3. The number of imidazole rings is 1. The van der Waals surface area contributed by atoms with Gasteiger partial charge < -0.3 is 10.2 Å². The highest BCUT2D eigenvalue weighted by Crippen LogP contribution is 2.30. The number of nitrogens with zero attached hydrogens (tertiary/aromatic N) is 3. The number of rotatable bonds is 5. The molecule has 3 rings (SSSR count). The Balaban J connectivity index is 1.88. The summed E-state index contributed by atoms with van der Waals surface area (Å²) in [7, 11) is 2.22. The number of thiazole rings is 1. The lowest BCUT2D eigenvalue weighted by atomic mass is 9.94. The molecule has 21 heavy (non-hydrogen) atoms. The first-order chi connectivity index (χ1) is 10.2. The quantitative estimate of drug-likeness (QED) is 0.915. The van der Waals surface area contributed by atoms with E-state index < -0.39 is 0 Å². The predicted octanol–water partition coefficient (Wildman–Crippen LogP) is 3.66. The summed E-state index contributed by atoms with van der Waals surface area (Å²) in [5.41, 5.74) is 1.30. The summed E-state index contributed by atoms with van der Waals surface area (Å²) in [5.74, 6) is 1.17. The summed E-state index contributed by atoms with van der Waals surface area (Å²) < 4.78 is 2.24.